The summed E-state index contributed by atoms with van der Waals surface area (Å²) in [6, 6.07) is 0.772. The van der Waals surface area contributed by atoms with Gasteiger partial charge in [-0.3, -0.25) is 5.32 Å². The molecule has 0 amide bonds. The second kappa shape index (κ2) is 3.71. The van der Waals surface area contributed by atoms with Gasteiger partial charge >= 0.3 is 0 Å². The number of hydrogen-bond acceptors (Lipinski definition) is 2. The zero-order valence-electron chi connectivity index (χ0n) is 9.73. The highest BCUT2D eigenvalue weighted by molar-refractivity contribution is 8.00. The van der Waals surface area contributed by atoms with Gasteiger partial charge in [0.25, 0.3) is 0 Å². The lowest BCUT2D eigenvalue weighted by atomic mass is 9.74. The highest BCUT2D eigenvalue weighted by Crippen LogP contribution is 2.49. The van der Waals surface area contributed by atoms with Crippen LogP contribution in [0.25, 0.3) is 0 Å². The standard InChI is InChI=1S/C12H23NS/c1-4-10-8-14-12(13-10)7-5-6-11(2,3)9-12/h10,13H,4-9H2,1-3H3. The van der Waals surface area contributed by atoms with Crippen LogP contribution in [0.2, 0.25) is 0 Å². The predicted octanol–water partition coefficient (Wildman–Crippen LogP) is 3.40. The van der Waals surface area contributed by atoms with Gasteiger partial charge in [0.2, 0.25) is 0 Å². The number of nitrogens with one attached hydrogen (secondary N) is 1. The van der Waals surface area contributed by atoms with Crippen LogP contribution < -0.4 is 5.32 Å². The van der Waals surface area contributed by atoms with Crippen molar-refractivity contribution in [3.8, 4) is 0 Å². The fourth-order valence-electron chi connectivity index (χ4n) is 2.98. The molecule has 1 spiro atoms. The van der Waals surface area contributed by atoms with Gasteiger partial charge in [-0.2, -0.15) is 0 Å². The second-order valence-corrected chi connectivity index (χ2v) is 7.15. The van der Waals surface area contributed by atoms with E-state index >= 15 is 0 Å². The van der Waals surface area contributed by atoms with E-state index in [1.807, 2.05) is 0 Å². The molecule has 2 unspecified atom stereocenters. The molecule has 82 valence electrons. The van der Waals surface area contributed by atoms with E-state index < -0.39 is 0 Å². The van der Waals surface area contributed by atoms with E-state index in [4.69, 9.17) is 0 Å². The highest BCUT2D eigenvalue weighted by Gasteiger charge is 2.44. The molecule has 0 bridgehead atoms. The minimum absolute atomic E-state index is 0.447. The van der Waals surface area contributed by atoms with E-state index in [9.17, 15) is 0 Å². The second-order valence-electron chi connectivity index (χ2n) is 5.75. The summed E-state index contributed by atoms with van der Waals surface area (Å²) in [5.74, 6) is 1.33. The Morgan fingerprint density at radius 2 is 2.14 bits per heavy atom. The van der Waals surface area contributed by atoms with E-state index in [-0.39, 0.29) is 0 Å². The summed E-state index contributed by atoms with van der Waals surface area (Å²) in [4.78, 5) is 0.447. The highest BCUT2D eigenvalue weighted by atomic mass is 32.2. The maximum Gasteiger partial charge on any atom is 0.0653 e. The van der Waals surface area contributed by atoms with Crippen molar-refractivity contribution < 1.29 is 0 Å². The molecule has 1 aliphatic carbocycles. The number of thioether (sulfide) groups is 1. The van der Waals surface area contributed by atoms with Crippen LogP contribution >= 0.6 is 11.8 Å². The Labute approximate surface area is 92.4 Å². The summed E-state index contributed by atoms with van der Waals surface area (Å²) in [5, 5.41) is 3.87. The van der Waals surface area contributed by atoms with Gasteiger partial charge in [0.05, 0.1) is 4.87 Å². The summed E-state index contributed by atoms with van der Waals surface area (Å²) < 4.78 is 0. The fourth-order valence-corrected chi connectivity index (χ4v) is 4.85. The van der Waals surface area contributed by atoms with Gasteiger partial charge in [-0.25, -0.2) is 0 Å². The topological polar surface area (TPSA) is 12.0 Å². The van der Waals surface area contributed by atoms with Crippen molar-refractivity contribution in [2.45, 2.75) is 63.8 Å². The van der Waals surface area contributed by atoms with E-state index in [0.717, 1.165) is 6.04 Å². The third-order valence-corrected chi connectivity index (χ3v) is 5.31. The largest absolute Gasteiger partial charge is 0.299 e. The van der Waals surface area contributed by atoms with Crippen molar-refractivity contribution in [3.05, 3.63) is 0 Å². The molecule has 2 atom stereocenters. The van der Waals surface area contributed by atoms with Crippen LogP contribution in [0.1, 0.15) is 52.9 Å². The van der Waals surface area contributed by atoms with Crippen molar-refractivity contribution in [3.63, 3.8) is 0 Å². The monoisotopic (exact) mass is 213 g/mol. The lowest BCUT2D eigenvalue weighted by Crippen LogP contribution is -2.47. The molecule has 1 saturated heterocycles. The van der Waals surface area contributed by atoms with E-state index in [1.165, 1.54) is 37.9 Å². The molecule has 14 heavy (non-hydrogen) atoms. The fraction of sp³-hybridized carbons (Fsp3) is 1.00. The van der Waals surface area contributed by atoms with Gasteiger partial charge in [-0.1, -0.05) is 27.2 Å². The van der Waals surface area contributed by atoms with Crippen molar-refractivity contribution >= 4 is 11.8 Å². The lowest BCUT2D eigenvalue weighted by Gasteiger charge is -2.42. The first kappa shape index (κ1) is 10.8. The molecule has 0 radical (unpaired) electrons. The van der Waals surface area contributed by atoms with Crippen LogP contribution in [-0.4, -0.2) is 16.7 Å². The van der Waals surface area contributed by atoms with Crippen molar-refractivity contribution in [1.29, 1.82) is 0 Å². The number of rotatable bonds is 1. The average molecular weight is 213 g/mol. The van der Waals surface area contributed by atoms with Gasteiger partial charge in [0.1, 0.15) is 0 Å². The van der Waals surface area contributed by atoms with Crippen LogP contribution in [0.15, 0.2) is 0 Å². The SMILES string of the molecule is CCC1CSC2(CCCC(C)(C)C2)N1. The number of hydrogen-bond donors (Lipinski definition) is 1. The van der Waals surface area contributed by atoms with Crippen molar-refractivity contribution in [2.24, 2.45) is 5.41 Å². The molecule has 1 saturated carbocycles. The molecule has 2 fully saturated rings. The first-order valence-electron chi connectivity index (χ1n) is 5.97. The van der Waals surface area contributed by atoms with Gasteiger partial charge in [-0.05, 0) is 31.1 Å². The lowest BCUT2D eigenvalue weighted by molar-refractivity contribution is 0.178. The van der Waals surface area contributed by atoms with Crippen LogP contribution in [-0.2, 0) is 0 Å². The first-order valence-corrected chi connectivity index (χ1v) is 6.95. The van der Waals surface area contributed by atoms with Crippen molar-refractivity contribution in [1.82, 2.24) is 5.32 Å². The first-order chi connectivity index (χ1) is 6.55. The molecule has 1 heterocycles. The molecule has 1 aliphatic heterocycles. The van der Waals surface area contributed by atoms with Crippen LogP contribution in [0.5, 0.6) is 0 Å². The molecule has 2 rings (SSSR count). The summed E-state index contributed by atoms with van der Waals surface area (Å²) in [6.07, 6.45) is 6.85. The summed E-state index contributed by atoms with van der Waals surface area (Å²) >= 11 is 2.19. The summed E-state index contributed by atoms with van der Waals surface area (Å²) in [6.45, 7) is 7.15. The van der Waals surface area contributed by atoms with Crippen LogP contribution in [0.3, 0.4) is 0 Å². The minimum atomic E-state index is 0.447. The Morgan fingerprint density at radius 3 is 2.71 bits per heavy atom. The molecular weight excluding hydrogens is 190 g/mol. The predicted molar refractivity (Wildman–Crippen MR) is 64.7 cm³/mol. The van der Waals surface area contributed by atoms with E-state index in [2.05, 4.69) is 37.8 Å². The molecule has 1 N–H and O–H groups in total. The maximum absolute atomic E-state index is 3.87. The van der Waals surface area contributed by atoms with Gasteiger partial charge in [0.15, 0.2) is 0 Å². The Morgan fingerprint density at radius 1 is 1.36 bits per heavy atom. The molecule has 2 heteroatoms. The van der Waals surface area contributed by atoms with Crippen molar-refractivity contribution in [2.75, 3.05) is 5.75 Å². The normalized spacial score (nSPS) is 41.8. The molecule has 0 aromatic heterocycles. The van der Waals surface area contributed by atoms with E-state index in [1.54, 1.807) is 0 Å². The zero-order chi connectivity index (χ0) is 10.2. The quantitative estimate of drug-likeness (QED) is 0.716. The molecule has 0 aromatic rings. The Kier molecular flexibility index (Phi) is 2.87. The van der Waals surface area contributed by atoms with Gasteiger partial charge in [0, 0.05) is 11.8 Å². The smallest absolute Gasteiger partial charge is 0.0653 e. The maximum atomic E-state index is 3.87. The third-order valence-electron chi connectivity index (χ3n) is 3.72. The van der Waals surface area contributed by atoms with Crippen LogP contribution in [0.4, 0.5) is 0 Å². The Balaban J connectivity index is 2.03. The zero-order valence-corrected chi connectivity index (χ0v) is 10.5. The molecule has 1 nitrogen and oxygen atoms in total. The summed E-state index contributed by atoms with van der Waals surface area (Å²) in [7, 11) is 0. The molecule has 0 aromatic carbocycles. The Bertz CT molecular complexity index is 214. The molecule has 2 aliphatic rings. The van der Waals surface area contributed by atoms with Gasteiger partial charge < -0.3 is 0 Å². The van der Waals surface area contributed by atoms with Crippen LogP contribution in [0, 0.1) is 5.41 Å². The van der Waals surface area contributed by atoms with E-state index in [0.29, 0.717) is 10.3 Å². The molecular formula is C12H23NS. The Hall–Kier alpha value is 0.310. The third kappa shape index (κ3) is 2.11. The minimum Gasteiger partial charge on any atom is -0.299 e. The summed E-state index contributed by atoms with van der Waals surface area (Å²) in [5.41, 5.74) is 0.556. The average Bonchev–Trinajstić information content (AvgIpc) is 2.46. The van der Waals surface area contributed by atoms with Gasteiger partial charge in [-0.15, -0.1) is 11.8 Å².